The van der Waals surface area contributed by atoms with Crippen molar-refractivity contribution < 1.29 is 8.78 Å². The molecule has 0 saturated carbocycles. The van der Waals surface area contributed by atoms with Gasteiger partial charge in [-0.1, -0.05) is 19.0 Å². The van der Waals surface area contributed by atoms with E-state index in [2.05, 4.69) is 20.0 Å². The van der Waals surface area contributed by atoms with Gasteiger partial charge in [-0.15, -0.1) is 0 Å². The third-order valence-corrected chi connectivity index (χ3v) is 8.51. The second kappa shape index (κ2) is 9.56. The summed E-state index contributed by atoms with van der Waals surface area (Å²) >= 11 is 3.06. The third kappa shape index (κ3) is 4.00. The van der Waals surface area contributed by atoms with Crippen molar-refractivity contribution >= 4 is 61.5 Å². The molecule has 0 aliphatic carbocycles. The molecule has 6 rings (SSSR count). The molecule has 0 saturated heterocycles. The second-order valence-corrected chi connectivity index (χ2v) is 10.5. The number of hydrogen-bond acceptors (Lipinski definition) is 6. The highest BCUT2D eigenvalue weighted by Gasteiger charge is 2.22. The van der Waals surface area contributed by atoms with Gasteiger partial charge in [0.1, 0.15) is 32.1 Å². The van der Waals surface area contributed by atoms with Crippen LogP contribution in [-0.4, -0.2) is 42.6 Å². The van der Waals surface area contributed by atoms with E-state index in [1.54, 1.807) is 18.5 Å². The van der Waals surface area contributed by atoms with Crippen LogP contribution in [-0.2, 0) is 6.42 Å². The number of thiophene rings is 2. The SMILES string of the molecule is [B][B][B]c1ccc(-c2cc(F)c(Cc3c(F)cc(-c4ccc([B]C)s4)c4c3=NCN=4)c3c2=NCN=3)s1. The van der Waals surface area contributed by atoms with Crippen LogP contribution in [0.25, 0.3) is 20.9 Å². The number of rotatable bonds is 7. The van der Waals surface area contributed by atoms with E-state index in [-0.39, 0.29) is 19.8 Å². The Morgan fingerprint density at radius 2 is 1.28 bits per heavy atom. The van der Waals surface area contributed by atoms with Crippen molar-refractivity contribution in [2.24, 2.45) is 20.0 Å². The van der Waals surface area contributed by atoms with E-state index in [0.29, 0.717) is 43.7 Å². The van der Waals surface area contributed by atoms with E-state index in [0.717, 1.165) is 19.3 Å². The molecule has 2 aliphatic rings. The molecule has 0 unspecified atom stereocenters. The lowest BCUT2D eigenvalue weighted by Crippen LogP contribution is -2.34. The Morgan fingerprint density at radius 3 is 1.78 bits per heavy atom. The Bertz CT molecular complexity index is 1770. The van der Waals surface area contributed by atoms with Gasteiger partial charge in [-0.2, -0.15) is 22.7 Å². The molecule has 0 amide bonds. The minimum Gasteiger partial charge on any atom is -0.259 e. The van der Waals surface area contributed by atoms with Crippen LogP contribution >= 0.6 is 22.7 Å². The fourth-order valence-electron chi connectivity index (χ4n) is 4.57. The van der Waals surface area contributed by atoms with Crippen molar-refractivity contribution in [3.63, 3.8) is 0 Å². The first-order valence-corrected chi connectivity index (χ1v) is 13.0. The highest BCUT2D eigenvalue weighted by Crippen LogP contribution is 2.24. The molecular formula is C24H15B4F2N4S2. The van der Waals surface area contributed by atoms with Crippen LogP contribution in [0.3, 0.4) is 0 Å². The number of hydrogen-bond donors (Lipinski definition) is 0. The van der Waals surface area contributed by atoms with Crippen molar-refractivity contribution in [2.45, 2.75) is 13.2 Å². The predicted molar refractivity (Wildman–Crippen MR) is 145 cm³/mol. The fraction of sp³-hybridized carbons (Fsp3) is 0.167. The smallest absolute Gasteiger partial charge is 0.162 e. The molecule has 169 valence electrons. The van der Waals surface area contributed by atoms with Crippen molar-refractivity contribution in [3.05, 3.63) is 80.6 Å². The van der Waals surface area contributed by atoms with Gasteiger partial charge in [0.15, 0.2) is 7.28 Å². The molecule has 0 bridgehead atoms. The van der Waals surface area contributed by atoms with E-state index in [1.165, 1.54) is 30.5 Å². The van der Waals surface area contributed by atoms with Crippen LogP contribution in [0, 0.1) is 11.6 Å². The molecule has 0 spiro atoms. The van der Waals surface area contributed by atoms with E-state index in [9.17, 15) is 0 Å². The minimum absolute atomic E-state index is 0.0188. The maximum Gasteiger partial charge on any atom is 0.162 e. The van der Waals surface area contributed by atoms with Gasteiger partial charge in [-0.05, 0) is 33.8 Å². The van der Waals surface area contributed by atoms with Crippen molar-refractivity contribution in [1.82, 2.24) is 0 Å². The van der Waals surface area contributed by atoms with Gasteiger partial charge in [0, 0.05) is 53.2 Å². The Kier molecular flexibility index (Phi) is 6.25. The van der Waals surface area contributed by atoms with E-state index in [4.69, 9.17) is 7.74 Å². The average Bonchev–Trinajstić information content (AvgIpc) is 3.68. The zero-order chi connectivity index (χ0) is 24.8. The second-order valence-electron chi connectivity index (χ2n) is 8.31. The molecule has 36 heavy (non-hydrogen) atoms. The van der Waals surface area contributed by atoms with Gasteiger partial charge >= 0.3 is 0 Å². The highest BCUT2D eigenvalue weighted by atomic mass is 32.1. The van der Waals surface area contributed by atoms with Gasteiger partial charge in [-0.25, -0.2) is 8.78 Å². The lowest BCUT2D eigenvalue weighted by Gasteiger charge is -2.09. The van der Waals surface area contributed by atoms with E-state index >= 15 is 8.78 Å². The van der Waals surface area contributed by atoms with Crippen molar-refractivity contribution in [1.29, 1.82) is 0 Å². The zero-order valence-electron chi connectivity index (χ0n) is 19.3. The first-order valence-electron chi connectivity index (χ1n) is 11.4. The van der Waals surface area contributed by atoms with Crippen LogP contribution in [0.4, 0.5) is 8.78 Å². The maximum atomic E-state index is 15.6. The minimum atomic E-state index is -0.442. The number of benzene rings is 2. The molecule has 5 radical (unpaired) electrons. The molecule has 0 atom stereocenters. The third-order valence-electron chi connectivity index (χ3n) is 6.25. The summed E-state index contributed by atoms with van der Waals surface area (Å²) in [4.78, 5) is 19.8. The van der Waals surface area contributed by atoms with E-state index < -0.39 is 11.6 Å². The highest BCUT2D eigenvalue weighted by molar-refractivity contribution is 7.37. The largest absolute Gasteiger partial charge is 0.259 e. The molecule has 2 aliphatic heterocycles. The van der Waals surface area contributed by atoms with Gasteiger partial charge in [-0.3, -0.25) is 20.0 Å². The molecule has 2 aromatic carbocycles. The Balaban J connectivity index is 1.45. The quantitative estimate of drug-likeness (QED) is 0.335. The molecule has 4 heterocycles. The molecule has 0 fully saturated rings. The summed E-state index contributed by atoms with van der Waals surface area (Å²) in [5.74, 6) is -0.869. The summed E-state index contributed by atoms with van der Waals surface area (Å²) < 4.78 is 33.2. The molecule has 12 heteroatoms. The molecule has 4 aromatic rings. The molecular weight excluding hydrogens is 490 g/mol. The lowest BCUT2D eigenvalue weighted by atomic mass is 9.28. The molecule has 4 nitrogen and oxygen atoms in total. The summed E-state index contributed by atoms with van der Waals surface area (Å²) in [6.45, 7) is 2.41. The maximum absolute atomic E-state index is 15.6. The zero-order valence-corrected chi connectivity index (χ0v) is 20.9. The summed E-state index contributed by atoms with van der Waals surface area (Å²) in [7, 11) is 10.8. The monoisotopic (exact) mass is 505 g/mol. The summed E-state index contributed by atoms with van der Waals surface area (Å²) in [5.41, 5.74) is 2.04. The van der Waals surface area contributed by atoms with Crippen molar-refractivity contribution in [2.75, 3.05) is 13.3 Å². The first kappa shape index (κ1) is 23.6. The summed E-state index contributed by atoms with van der Waals surface area (Å²) in [6, 6.07) is 10.8. The van der Waals surface area contributed by atoms with Gasteiger partial charge in [0.25, 0.3) is 0 Å². The first-order chi connectivity index (χ1) is 17.6. The average molecular weight is 505 g/mol. The van der Waals surface area contributed by atoms with Gasteiger partial charge < -0.3 is 0 Å². The van der Waals surface area contributed by atoms with Gasteiger partial charge in [0.05, 0.1) is 21.4 Å². The van der Waals surface area contributed by atoms with Crippen molar-refractivity contribution in [3.8, 4) is 20.9 Å². The van der Waals surface area contributed by atoms with Crippen LogP contribution in [0.1, 0.15) is 11.1 Å². The summed E-state index contributed by atoms with van der Waals surface area (Å²) in [5, 5.41) is 2.26. The number of halogens is 2. The Hall–Kier alpha value is -2.84. The fourth-order valence-corrected chi connectivity index (χ4v) is 6.42. The Labute approximate surface area is 217 Å². The topological polar surface area (TPSA) is 49.4 Å². The molecule has 0 N–H and O–H groups in total. The molecule has 2 aromatic heterocycles. The van der Waals surface area contributed by atoms with Crippen LogP contribution in [0.15, 0.2) is 56.4 Å². The van der Waals surface area contributed by atoms with Crippen LogP contribution in [0.2, 0.25) is 6.82 Å². The normalized spacial score (nSPS) is 13.2. The number of nitrogens with zero attached hydrogens (tertiary/aromatic N) is 4. The van der Waals surface area contributed by atoms with Crippen LogP contribution in [0.5, 0.6) is 0 Å². The van der Waals surface area contributed by atoms with Crippen LogP contribution < -0.4 is 31.0 Å². The summed E-state index contributed by atoms with van der Waals surface area (Å²) in [6.07, 6.45) is 0.0188. The van der Waals surface area contributed by atoms with E-state index in [1.807, 2.05) is 38.4 Å². The predicted octanol–water partition coefficient (Wildman–Crippen LogP) is 0.843. The number of fused-ring (bicyclic) bond motifs is 2. The standard InChI is InChI=1S/C24H15B4F2N4S2/c1-26-19-4-2-17(35-19)13-7-15(29)11(21-23(13)33-9-31-21)6-12-16(30)8-14(24-22(12)32-10-34-24)18-3-5-20(36-18)27-28-25/h2-5,7-8H,6,9-10H2,1H3. The lowest BCUT2D eigenvalue weighted by molar-refractivity contribution is 0.594. The van der Waals surface area contributed by atoms with Gasteiger partial charge in [0.2, 0.25) is 0 Å². The Morgan fingerprint density at radius 1 is 0.778 bits per heavy atom.